The van der Waals surface area contributed by atoms with Crippen molar-refractivity contribution >= 4 is 0 Å². The number of benzene rings is 2. The number of nitrogens with one attached hydrogen (secondary N) is 1. The van der Waals surface area contributed by atoms with E-state index < -0.39 is 12.1 Å². The first-order chi connectivity index (χ1) is 12.5. The minimum Gasteiger partial charge on any atom is -0.504 e. The lowest BCUT2D eigenvalue weighted by Crippen LogP contribution is -2.34. The molecule has 3 rings (SSSR count). The van der Waals surface area contributed by atoms with Crippen LogP contribution in [0.5, 0.6) is 28.7 Å². The van der Waals surface area contributed by atoms with E-state index in [1.807, 2.05) is 0 Å². The van der Waals surface area contributed by atoms with Crippen LogP contribution in [0.25, 0.3) is 0 Å². The Morgan fingerprint density at radius 3 is 2.15 bits per heavy atom. The smallest absolute Gasteiger partial charge is 0.203 e. The number of aromatic hydroxyl groups is 2. The van der Waals surface area contributed by atoms with Crippen LogP contribution in [0.3, 0.4) is 0 Å². The zero-order chi connectivity index (χ0) is 18.8. The molecule has 7 nitrogen and oxygen atoms in total. The van der Waals surface area contributed by atoms with E-state index in [2.05, 4.69) is 5.32 Å². The van der Waals surface area contributed by atoms with Gasteiger partial charge in [-0.3, -0.25) is 0 Å². The first-order valence-corrected chi connectivity index (χ1v) is 8.26. The van der Waals surface area contributed by atoms with Gasteiger partial charge in [-0.25, -0.2) is 0 Å². The highest BCUT2D eigenvalue weighted by Gasteiger charge is 2.30. The molecule has 1 aliphatic heterocycles. The summed E-state index contributed by atoms with van der Waals surface area (Å²) in [6.45, 7) is 0.642. The molecule has 2 aromatic rings. The minimum atomic E-state index is -0.924. The molecule has 0 amide bonds. The third kappa shape index (κ3) is 3.11. The monoisotopic (exact) mass is 361 g/mol. The summed E-state index contributed by atoms with van der Waals surface area (Å²) >= 11 is 0. The van der Waals surface area contributed by atoms with Gasteiger partial charge in [0.1, 0.15) is 0 Å². The van der Waals surface area contributed by atoms with Crippen LogP contribution in [0.2, 0.25) is 0 Å². The van der Waals surface area contributed by atoms with Crippen LogP contribution in [0.1, 0.15) is 28.8 Å². The fourth-order valence-corrected chi connectivity index (χ4v) is 3.36. The molecule has 0 bridgehead atoms. The number of fused-ring (bicyclic) bond motifs is 1. The number of rotatable bonds is 5. The van der Waals surface area contributed by atoms with E-state index in [1.54, 1.807) is 18.2 Å². The Labute approximate surface area is 151 Å². The predicted molar refractivity (Wildman–Crippen MR) is 95.3 cm³/mol. The SMILES string of the molecule is COc1cc([C@@H](O)[C@@H]2NCCc3cc(O)c(O)cc32)cc(OC)c1OC. The second-order valence-corrected chi connectivity index (χ2v) is 6.13. The van der Waals surface area contributed by atoms with Crippen molar-refractivity contribution in [1.29, 1.82) is 0 Å². The summed E-state index contributed by atoms with van der Waals surface area (Å²) in [6.07, 6.45) is -0.228. The van der Waals surface area contributed by atoms with Crippen LogP contribution in [-0.4, -0.2) is 43.2 Å². The van der Waals surface area contributed by atoms with Crippen LogP contribution >= 0.6 is 0 Å². The summed E-state index contributed by atoms with van der Waals surface area (Å²) in [6, 6.07) is 5.97. The second-order valence-electron chi connectivity index (χ2n) is 6.13. The Kier molecular flexibility index (Phi) is 5.11. The molecule has 1 heterocycles. The average Bonchev–Trinajstić information content (AvgIpc) is 2.66. The van der Waals surface area contributed by atoms with Crippen LogP contribution in [0.4, 0.5) is 0 Å². The molecular weight excluding hydrogens is 338 g/mol. The van der Waals surface area contributed by atoms with Gasteiger partial charge in [0.2, 0.25) is 5.75 Å². The maximum absolute atomic E-state index is 11.0. The molecule has 0 fully saturated rings. The van der Waals surface area contributed by atoms with Crippen molar-refractivity contribution in [2.45, 2.75) is 18.6 Å². The van der Waals surface area contributed by atoms with Gasteiger partial charge in [0, 0.05) is 0 Å². The first kappa shape index (κ1) is 18.2. The van der Waals surface area contributed by atoms with E-state index in [0.29, 0.717) is 35.8 Å². The van der Waals surface area contributed by atoms with Gasteiger partial charge in [-0.15, -0.1) is 0 Å². The van der Waals surface area contributed by atoms with Crippen molar-refractivity contribution in [3.05, 3.63) is 41.0 Å². The van der Waals surface area contributed by atoms with Crippen LogP contribution < -0.4 is 19.5 Å². The highest BCUT2D eigenvalue weighted by atomic mass is 16.5. The van der Waals surface area contributed by atoms with Crippen molar-refractivity contribution in [3.8, 4) is 28.7 Å². The molecule has 2 aromatic carbocycles. The molecule has 0 saturated heterocycles. The third-order valence-electron chi connectivity index (χ3n) is 4.67. The summed E-state index contributed by atoms with van der Waals surface area (Å²) in [5, 5.41) is 33.9. The number of ether oxygens (including phenoxy) is 3. The van der Waals surface area contributed by atoms with Gasteiger partial charge < -0.3 is 34.8 Å². The topological polar surface area (TPSA) is 100 Å². The van der Waals surface area contributed by atoms with Gasteiger partial charge in [0.05, 0.1) is 33.5 Å². The fraction of sp³-hybridized carbons (Fsp3) is 0.368. The first-order valence-electron chi connectivity index (χ1n) is 8.26. The zero-order valence-electron chi connectivity index (χ0n) is 14.9. The van der Waals surface area contributed by atoms with Crippen molar-refractivity contribution in [3.63, 3.8) is 0 Å². The highest BCUT2D eigenvalue weighted by molar-refractivity contribution is 5.55. The molecule has 7 heteroatoms. The molecule has 4 N–H and O–H groups in total. The third-order valence-corrected chi connectivity index (χ3v) is 4.67. The Balaban J connectivity index is 2.03. The maximum Gasteiger partial charge on any atom is 0.203 e. The molecule has 26 heavy (non-hydrogen) atoms. The van der Waals surface area contributed by atoms with E-state index >= 15 is 0 Å². The summed E-state index contributed by atoms with van der Waals surface area (Å²) in [7, 11) is 4.55. The van der Waals surface area contributed by atoms with Gasteiger partial charge >= 0.3 is 0 Å². The highest BCUT2D eigenvalue weighted by Crippen LogP contribution is 2.43. The summed E-state index contributed by atoms with van der Waals surface area (Å²) in [5.41, 5.74) is 2.21. The molecule has 0 spiro atoms. The normalized spacial score (nSPS) is 17.3. The fourth-order valence-electron chi connectivity index (χ4n) is 3.36. The van der Waals surface area contributed by atoms with E-state index in [4.69, 9.17) is 14.2 Å². The standard InChI is InChI=1S/C19H23NO6/c1-24-15-7-11(8-16(25-2)19(15)26-3)18(23)17-12-9-14(22)13(21)6-10(12)4-5-20-17/h6-9,17-18,20-23H,4-5H2,1-3H3/t17-,18-/m1/s1. The van der Waals surface area contributed by atoms with E-state index in [-0.39, 0.29) is 11.5 Å². The number of aliphatic hydroxyl groups excluding tert-OH is 1. The van der Waals surface area contributed by atoms with Gasteiger partial charge in [-0.05, 0) is 53.9 Å². The average molecular weight is 361 g/mol. The lowest BCUT2D eigenvalue weighted by Gasteiger charge is -2.31. The van der Waals surface area contributed by atoms with Crippen molar-refractivity contribution in [1.82, 2.24) is 5.32 Å². The van der Waals surface area contributed by atoms with Crippen molar-refractivity contribution in [2.24, 2.45) is 0 Å². The summed E-state index contributed by atoms with van der Waals surface area (Å²) in [4.78, 5) is 0. The van der Waals surface area contributed by atoms with Crippen LogP contribution in [0, 0.1) is 0 Å². The number of aliphatic hydroxyl groups is 1. The Hall–Kier alpha value is -2.64. The van der Waals surface area contributed by atoms with Crippen molar-refractivity contribution < 1.29 is 29.5 Å². The van der Waals surface area contributed by atoms with Crippen LogP contribution in [-0.2, 0) is 6.42 Å². The summed E-state index contributed by atoms with van der Waals surface area (Å²) in [5.74, 6) is 0.975. The quantitative estimate of drug-likeness (QED) is 0.605. The second kappa shape index (κ2) is 7.31. The molecule has 0 aromatic heterocycles. The van der Waals surface area contributed by atoms with Crippen LogP contribution in [0.15, 0.2) is 24.3 Å². The maximum atomic E-state index is 11.0. The van der Waals surface area contributed by atoms with Crippen molar-refractivity contribution in [2.75, 3.05) is 27.9 Å². The van der Waals surface area contributed by atoms with E-state index in [0.717, 1.165) is 11.1 Å². The van der Waals surface area contributed by atoms with Gasteiger partial charge in [0.15, 0.2) is 23.0 Å². The lowest BCUT2D eigenvalue weighted by atomic mass is 9.88. The number of phenolic OH excluding ortho intramolecular Hbond substituents is 2. The van der Waals surface area contributed by atoms with E-state index in [9.17, 15) is 15.3 Å². The largest absolute Gasteiger partial charge is 0.504 e. The molecule has 0 aliphatic carbocycles. The zero-order valence-corrected chi connectivity index (χ0v) is 14.9. The molecule has 140 valence electrons. The predicted octanol–water partition coefficient (Wildman–Crippen LogP) is 2.04. The number of hydrogen-bond acceptors (Lipinski definition) is 7. The molecule has 0 unspecified atom stereocenters. The molecule has 2 atom stereocenters. The molecular formula is C19H23NO6. The van der Waals surface area contributed by atoms with Gasteiger partial charge in [-0.1, -0.05) is 0 Å². The molecule has 0 saturated carbocycles. The van der Waals surface area contributed by atoms with Gasteiger partial charge in [-0.2, -0.15) is 0 Å². The Bertz CT molecular complexity index is 782. The molecule has 0 radical (unpaired) electrons. The molecule has 1 aliphatic rings. The van der Waals surface area contributed by atoms with E-state index in [1.165, 1.54) is 27.4 Å². The Morgan fingerprint density at radius 1 is 0.962 bits per heavy atom. The van der Waals surface area contributed by atoms with Gasteiger partial charge in [0.25, 0.3) is 0 Å². The number of phenols is 2. The lowest BCUT2D eigenvalue weighted by molar-refractivity contribution is 0.124. The number of hydrogen-bond donors (Lipinski definition) is 4. The summed E-state index contributed by atoms with van der Waals surface area (Å²) < 4.78 is 16.0. The number of methoxy groups -OCH3 is 3. The minimum absolute atomic E-state index is 0.160. The Morgan fingerprint density at radius 2 is 1.58 bits per heavy atom.